The molecule has 0 fully saturated rings. The Labute approximate surface area is 396 Å². The number of cyclic esters (lactones) is 1. The number of rotatable bonds is 10. The van der Waals surface area contributed by atoms with E-state index in [2.05, 4.69) is 101 Å². The summed E-state index contributed by atoms with van der Waals surface area (Å²) in [7, 11) is 0. The highest BCUT2D eigenvalue weighted by molar-refractivity contribution is 6.53. The molecular weight excluding hydrogens is 882 g/mol. The maximum atomic E-state index is 14.5. The lowest BCUT2D eigenvalue weighted by atomic mass is 9.81. The van der Waals surface area contributed by atoms with E-state index in [1.165, 1.54) is 0 Å². The van der Waals surface area contributed by atoms with Crippen LogP contribution in [0.3, 0.4) is 0 Å². The quantitative estimate of drug-likeness (QED) is 0.0826. The zero-order valence-electron chi connectivity index (χ0n) is 37.7. The number of carbonyl (C=O) groups excluding carboxylic acids is 1. The lowest BCUT2D eigenvalue weighted by molar-refractivity contribution is 0.0300. The van der Waals surface area contributed by atoms with Gasteiger partial charge < -0.3 is 24.8 Å². The fourth-order valence-corrected chi connectivity index (χ4v) is 10.1. The summed E-state index contributed by atoms with van der Waals surface area (Å²) in [6, 6.07) is 28.5. The van der Waals surface area contributed by atoms with Gasteiger partial charge in [-0.1, -0.05) is 95.0 Å². The van der Waals surface area contributed by atoms with E-state index in [0.717, 1.165) is 78.5 Å². The maximum absolute atomic E-state index is 14.5. The van der Waals surface area contributed by atoms with Crippen molar-refractivity contribution in [1.82, 2.24) is 0 Å². The van der Waals surface area contributed by atoms with Gasteiger partial charge >= 0.3 is 5.97 Å². The molecule has 0 aromatic heterocycles. The Kier molecular flexibility index (Phi) is 12.1. The minimum Gasteiger partial charge on any atom is -0.491 e. The number of hydrogen-bond donors (Lipinski definition) is 2. The third-order valence-corrected chi connectivity index (χ3v) is 13.3. The summed E-state index contributed by atoms with van der Waals surface area (Å²) in [5.41, 5.74) is 9.44. The molecule has 0 bridgehead atoms. The van der Waals surface area contributed by atoms with Crippen LogP contribution in [0.15, 0.2) is 109 Å². The minimum atomic E-state index is -1.70. The Morgan fingerprint density at radius 2 is 0.969 bits per heavy atom. The fourth-order valence-electron chi connectivity index (χ4n) is 9.06. The Balaban J connectivity index is 1.47. The van der Waals surface area contributed by atoms with Gasteiger partial charge in [0.25, 0.3) is 0 Å². The maximum Gasteiger partial charge on any atom is 0.341 e. The second kappa shape index (κ2) is 17.0. The van der Waals surface area contributed by atoms with Crippen LogP contribution < -0.4 is 20.1 Å². The summed E-state index contributed by atoms with van der Waals surface area (Å²) in [5, 5.41) is 7.31. The SMILES string of the molecule is CC1=CC(C)(C)Nc2ccc(C(=CC3(C=C(c4ccc(OC(C)C)cc4)c4ccc5c(c4)C(C)=CC(C)(C)N5)OC(=O)c4c(Cl)c(Cl)c(Cl)c(Cl)c43)c3ccc(OC(C)C)cc3)cc21. The van der Waals surface area contributed by atoms with E-state index in [9.17, 15) is 4.79 Å². The predicted octanol–water partition coefficient (Wildman–Crippen LogP) is 15.7. The first-order chi connectivity index (χ1) is 30.1. The van der Waals surface area contributed by atoms with Gasteiger partial charge in [0.15, 0.2) is 5.60 Å². The molecule has 6 nitrogen and oxygen atoms in total. The molecule has 5 aromatic carbocycles. The number of halogens is 4. The van der Waals surface area contributed by atoms with Crippen molar-refractivity contribution in [2.24, 2.45) is 0 Å². The van der Waals surface area contributed by atoms with Gasteiger partial charge in [-0.15, -0.1) is 0 Å². The Bertz CT molecular complexity index is 2680. The highest BCUT2D eigenvalue weighted by Crippen LogP contribution is 2.54. The first-order valence-corrected chi connectivity index (χ1v) is 23.0. The monoisotopic (exact) mass is 932 g/mol. The number of ether oxygens (including phenoxy) is 3. The van der Waals surface area contributed by atoms with Gasteiger partial charge in [0, 0.05) is 28.1 Å². The van der Waals surface area contributed by atoms with E-state index in [0.29, 0.717) is 0 Å². The summed E-state index contributed by atoms with van der Waals surface area (Å²) in [5.74, 6) is 0.748. The molecule has 0 atom stereocenters. The standard InChI is InChI=1S/C54H52Cl4N2O4/c1-29(2)62-37-17-11-33(12-18-37)41(35-15-21-43-39(23-35)31(5)25-52(7,8)59-43)27-54(46-45(51(61)64-54)47(55)49(57)50(58)48(46)56)28-42(34-13-19-38(20-14-34)63-30(3)4)36-16-22-44-40(24-36)32(6)26-53(9,10)60-44/h11-30,59-60H,1-10H3. The molecule has 3 heterocycles. The van der Waals surface area contributed by atoms with E-state index in [-0.39, 0.29) is 54.5 Å². The average molecular weight is 935 g/mol. The van der Waals surface area contributed by atoms with Crippen molar-refractivity contribution in [3.63, 3.8) is 0 Å². The van der Waals surface area contributed by atoms with Crippen LogP contribution >= 0.6 is 46.4 Å². The van der Waals surface area contributed by atoms with Crippen molar-refractivity contribution in [2.75, 3.05) is 10.6 Å². The number of hydrogen-bond acceptors (Lipinski definition) is 6. The highest BCUT2D eigenvalue weighted by atomic mass is 35.5. The Hall–Kier alpha value is -5.11. The molecule has 3 aliphatic rings. The Morgan fingerprint density at radius 3 is 1.38 bits per heavy atom. The van der Waals surface area contributed by atoms with E-state index < -0.39 is 11.6 Å². The van der Waals surface area contributed by atoms with Crippen molar-refractivity contribution in [3.05, 3.63) is 174 Å². The third-order valence-electron chi connectivity index (χ3n) is 11.5. The number of carbonyl (C=O) groups is 1. The summed E-state index contributed by atoms with van der Waals surface area (Å²) >= 11 is 27.9. The number of fused-ring (bicyclic) bond motifs is 3. The molecule has 0 amide bonds. The van der Waals surface area contributed by atoms with E-state index >= 15 is 0 Å². The zero-order valence-corrected chi connectivity index (χ0v) is 40.7. The van der Waals surface area contributed by atoms with Crippen molar-refractivity contribution < 1.29 is 19.0 Å². The van der Waals surface area contributed by atoms with Crippen molar-refractivity contribution >= 4 is 86.0 Å². The van der Waals surface area contributed by atoms with Crippen LogP contribution in [0.4, 0.5) is 11.4 Å². The second-order valence-corrected chi connectivity index (χ2v) is 20.1. The molecule has 330 valence electrons. The van der Waals surface area contributed by atoms with Crippen LogP contribution in [0, 0.1) is 0 Å². The van der Waals surface area contributed by atoms with Gasteiger partial charge in [0.05, 0.1) is 48.9 Å². The van der Waals surface area contributed by atoms with Crippen LogP contribution in [0.5, 0.6) is 11.5 Å². The number of allylic oxidation sites excluding steroid dienone is 2. The molecule has 0 saturated carbocycles. The van der Waals surface area contributed by atoms with Gasteiger partial charge in [0.1, 0.15) is 11.5 Å². The van der Waals surface area contributed by atoms with Crippen LogP contribution in [-0.4, -0.2) is 29.3 Å². The fraction of sp³-hybridized carbons (Fsp3) is 0.278. The second-order valence-electron chi connectivity index (χ2n) is 18.6. The summed E-state index contributed by atoms with van der Waals surface area (Å²) < 4.78 is 18.9. The molecule has 2 N–H and O–H groups in total. The topological polar surface area (TPSA) is 68.8 Å². The number of esters is 1. The molecule has 5 aromatic rings. The van der Waals surface area contributed by atoms with E-state index in [1.807, 2.05) is 88.4 Å². The molecule has 0 radical (unpaired) electrons. The number of anilines is 2. The molecule has 3 aliphatic heterocycles. The summed E-state index contributed by atoms with van der Waals surface area (Å²) in [6.45, 7) is 20.8. The van der Waals surface area contributed by atoms with Crippen molar-refractivity contribution in [3.8, 4) is 11.5 Å². The smallest absolute Gasteiger partial charge is 0.341 e. The van der Waals surface area contributed by atoms with Gasteiger partial charge in [0.2, 0.25) is 0 Å². The normalized spacial score (nSPS) is 18.6. The summed E-state index contributed by atoms with van der Waals surface area (Å²) in [4.78, 5) is 14.5. The van der Waals surface area contributed by atoms with Gasteiger partial charge in [-0.05, 0) is 174 Å². The van der Waals surface area contributed by atoms with Gasteiger partial charge in [-0.3, -0.25) is 0 Å². The largest absolute Gasteiger partial charge is 0.491 e. The van der Waals surface area contributed by atoms with E-state index in [1.54, 1.807) is 0 Å². The van der Waals surface area contributed by atoms with Crippen molar-refractivity contribution in [2.45, 2.75) is 98.1 Å². The van der Waals surface area contributed by atoms with Gasteiger partial charge in [-0.25, -0.2) is 4.79 Å². The molecule has 0 unspecified atom stereocenters. The first-order valence-electron chi connectivity index (χ1n) is 21.5. The van der Waals surface area contributed by atoms with Crippen LogP contribution in [-0.2, 0) is 10.3 Å². The molecule has 10 heteroatoms. The molecule has 8 rings (SSSR count). The van der Waals surface area contributed by atoms with Crippen LogP contribution in [0.2, 0.25) is 20.1 Å². The minimum absolute atomic E-state index is 0.0106. The molecule has 0 spiro atoms. The zero-order chi connectivity index (χ0) is 46.0. The lowest BCUT2D eigenvalue weighted by Gasteiger charge is -2.32. The molecular formula is C54H52Cl4N2O4. The van der Waals surface area contributed by atoms with Crippen LogP contribution in [0.25, 0.3) is 22.3 Å². The van der Waals surface area contributed by atoms with Gasteiger partial charge in [-0.2, -0.15) is 0 Å². The van der Waals surface area contributed by atoms with Crippen LogP contribution in [0.1, 0.15) is 119 Å². The molecule has 64 heavy (non-hydrogen) atoms. The number of benzene rings is 5. The Morgan fingerprint density at radius 1 is 0.578 bits per heavy atom. The first kappa shape index (κ1) is 45.5. The summed E-state index contributed by atoms with van der Waals surface area (Å²) in [6.07, 6.45) is 8.31. The lowest BCUT2D eigenvalue weighted by Crippen LogP contribution is -2.31. The average Bonchev–Trinajstić information content (AvgIpc) is 3.51. The van der Waals surface area contributed by atoms with E-state index in [4.69, 9.17) is 60.6 Å². The predicted molar refractivity (Wildman–Crippen MR) is 268 cm³/mol. The number of nitrogens with one attached hydrogen (secondary N) is 2. The molecule has 0 aliphatic carbocycles. The molecule has 0 saturated heterocycles. The third kappa shape index (κ3) is 8.83. The highest BCUT2D eigenvalue weighted by Gasteiger charge is 2.48. The van der Waals surface area contributed by atoms with Crippen molar-refractivity contribution in [1.29, 1.82) is 0 Å².